The van der Waals surface area contributed by atoms with Gasteiger partial charge in [0.05, 0.1) is 6.21 Å². The molecule has 2 amide bonds. The highest BCUT2D eigenvalue weighted by Gasteiger charge is 2.25. The standard InChI is InChI=1S/C16H30FN3O3/c1-6-10(3)11(4)12(5)13(17)8-19-23-9-14(16(18)22)20-15(21)7-2/h8,10-14H,6-7,9H2,1-5H3,(H2,18,22)(H,20,21)/b19-8+/t10-,11-,12+,13+,14?/m1/s1/i17-1. The number of alkyl halides is 1. The van der Waals surface area contributed by atoms with Crippen LogP contribution in [0.15, 0.2) is 5.16 Å². The molecule has 6 nitrogen and oxygen atoms in total. The molecule has 134 valence electrons. The first-order chi connectivity index (χ1) is 10.7. The van der Waals surface area contributed by atoms with Crippen molar-refractivity contribution in [1.29, 1.82) is 0 Å². The van der Waals surface area contributed by atoms with E-state index in [1.165, 1.54) is 0 Å². The third-order valence-electron chi connectivity index (χ3n) is 4.39. The normalized spacial score (nSPS) is 18.0. The molecule has 0 aromatic carbocycles. The molecule has 0 fully saturated rings. The van der Waals surface area contributed by atoms with E-state index in [1.54, 1.807) is 6.92 Å². The summed E-state index contributed by atoms with van der Waals surface area (Å²) in [6, 6.07) is -0.978. The van der Waals surface area contributed by atoms with Crippen LogP contribution in [0, 0.1) is 17.8 Å². The van der Waals surface area contributed by atoms with Crippen molar-refractivity contribution in [3.63, 3.8) is 0 Å². The van der Waals surface area contributed by atoms with Gasteiger partial charge in [0.1, 0.15) is 18.8 Å². The third-order valence-corrected chi connectivity index (χ3v) is 4.39. The fourth-order valence-corrected chi connectivity index (χ4v) is 2.03. The Bertz CT molecular complexity index is 404. The van der Waals surface area contributed by atoms with E-state index >= 15 is 0 Å². The Hall–Kier alpha value is -1.66. The first-order valence-electron chi connectivity index (χ1n) is 8.12. The van der Waals surface area contributed by atoms with Crippen molar-refractivity contribution >= 4 is 18.0 Å². The van der Waals surface area contributed by atoms with Crippen molar-refractivity contribution in [2.45, 2.75) is 59.7 Å². The summed E-state index contributed by atoms with van der Waals surface area (Å²) in [6.45, 7) is 9.45. The van der Waals surface area contributed by atoms with Gasteiger partial charge in [-0.05, 0) is 17.8 Å². The fourth-order valence-electron chi connectivity index (χ4n) is 2.03. The zero-order valence-corrected chi connectivity index (χ0v) is 14.7. The first kappa shape index (κ1) is 21.3. The van der Waals surface area contributed by atoms with Crippen molar-refractivity contribution in [3.05, 3.63) is 0 Å². The van der Waals surface area contributed by atoms with Gasteiger partial charge < -0.3 is 15.9 Å². The summed E-state index contributed by atoms with van der Waals surface area (Å²) in [4.78, 5) is 27.3. The number of hydrogen-bond donors (Lipinski definition) is 2. The van der Waals surface area contributed by atoms with E-state index < -0.39 is 18.1 Å². The van der Waals surface area contributed by atoms with Crippen molar-refractivity contribution in [2.24, 2.45) is 28.6 Å². The second-order valence-electron chi connectivity index (χ2n) is 5.97. The molecule has 5 atom stereocenters. The average Bonchev–Trinajstić information content (AvgIpc) is 2.54. The maximum Gasteiger partial charge on any atom is 0.243 e. The molecule has 0 saturated carbocycles. The Labute approximate surface area is 138 Å². The van der Waals surface area contributed by atoms with Gasteiger partial charge in [-0.25, -0.2) is 4.39 Å². The van der Waals surface area contributed by atoms with Crippen LogP contribution in [0.25, 0.3) is 0 Å². The van der Waals surface area contributed by atoms with E-state index in [0.717, 1.165) is 12.6 Å². The quantitative estimate of drug-likeness (QED) is 0.448. The van der Waals surface area contributed by atoms with Gasteiger partial charge in [0, 0.05) is 6.42 Å². The third kappa shape index (κ3) is 7.95. The number of amides is 2. The van der Waals surface area contributed by atoms with Gasteiger partial charge >= 0.3 is 0 Å². The van der Waals surface area contributed by atoms with Crippen molar-refractivity contribution in [2.75, 3.05) is 6.61 Å². The zero-order valence-electron chi connectivity index (χ0n) is 14.7. The lowest BCUT2D eigenvalue weighted by atomic mass is 9.81. The number of nitrogens with one attached hydrogen (secondary N) is 1. The molecule has 0 aliphatic heterocycles. The largest absolute Gasteiger partial charge is 0.393 e. The Morgan fingerprint density at radius 3 is 2.35 bits per heavy atom. The van der Waals surface area contributed by atoms with Crippen LogP contribution >= 0.6 is 0 Å². The maximum absolute atomic E-state index is 14.1. The molecule has 7 heteroatoms. The minimum atomic E-state index is -1.24. The van der Waals surface area contributed by atoms with Crippen LogP contribution in [-0.2, 0) is 14.4 Å². The molecule has 1 unspecified atom stereocenters. The molecule has 0 rings (SSSR count). The van der Waals surface area contributed by atoms with Gasteiger partial charge in [0.25, 0.3) is 0 Å². The second-order valence-corrected chi connectivity index (χ2v) is 5.97. The lowest BCUT2D eigenvalue weighted by Crippen LogP contribution is -2.46. The van der Waals surface area contributed by atoms with Gasteiger partial charge in [-0.3, -0.25) is 9.59 Å². The molecule has 0 radical (unpaired) electrons. The summed E-state index contributed by atoms with van der Waals surface area (Å²) in [5, 5.41) is 5.97. The fraction of sp³-hybridized carbons (Fsp3) is 0.812. The maximum atomic E-state index is 14.1. The van der Waals surface area contributed by atoms with Crippen LogP contribution in [0.2, 0.25) is 0 Å². The predicted molar refractivity (Wildman–Crippen MR) is 88.5 cm³/mol. The molecule has 0 aromatic rings. The number of hydrogen-bond acceptors (Lipinski definition) is 4. The van der Waals surface area contributed by atoms with E-state index in [4.69, 9.17) is 10.6 Å². The molecule has 3 N–H and O–H groups in total. The van der Waals surface area contributed by atoms with Crippen LogP contribution in [-0.4, -0.2) is 36.8 Å². The summed E-state index contributed by atoms with van der Waals surface area (Å²) in [5.74, 6) is -0.605. The van der Waals surface area contributed by atoms with Crippen LogP contribution < -0.4 is 11.1 Å². The number of nitrogens with two attached hydrogens (primary N) is 1. The van der Waals surface area contributed by atoms with Crippen LogP contribution in [0.5, 0.6) is 0 Å². The number of nitrogens with zero attached hydrogens (tertiary/aromatic N) is 1. The number of oxime groups is 1. The lowest BCUT2D eigenvalue weighted by molar-refractivity contribution is -0.128. The monoisotopic (exact) mass is 330 g/mol. The highest BCUT2D eigenvalue weighted by Crippen LogP contribution is 2.26. The summed E-state index contributed by atoms with van der Waals surface area (Å²) in [6.07, 6.45) is 1.06. The number of primary amides is 1. The van der Waals surface area contributed by atoms with E-state index in [1.807, 2.05) is 13.8 Å². The predicted octanol–water partition coefficient (Wildman–Crippen LogP) is 2.03. The molecule has 0 heterocycles. The smallest absolute Gasteiger partial charge is 0.243 e. The minimum absolute atomic E-state index is 0.191. The van der Waals surface area contributed by atoms with E-state index in [2.05, 4.69) is 24.3 Å². The van der Waals surface area contributed by atoms with E-state index in [0.29, 0.717) is 5.92 Å². The number of carbonyl (C=O) groups is 2. The summed E-state index contributed by atoms with van der Waals surface area (Å²) >= 11 is 0. The molecule has 0 saturated heterocycles. The van der Waals surface area contributed by atoms with Crippen LogP contribution in [0.3, 0.4) is 0 Å². The number of halogens is 1. The van der Waals surface area contributed by atoms with Crippen molar-refractivity contribution < 1.29 is 18.8 Å². The Morgan fingerprint density at radius 2 is 1.87 bits per heavy atom. The van der Waals surface area contributed by atoms with Gasteiger partial charge in [-0.15, -0.1) is 0 Å². The molecule has 0 aliphatic carbocycles. The molecule has 0 aromatic heterocycles. The number of carbonyl (C=O) groups excluding carboxylic acids is 2. The van der Waals surface area contributed by atoms with Crippen LogP contribution in [0.4, 0.5) is 4.39 Å². The van der Waals surface area contributed by atoms with E-state index in [9.17, 15) is 14.0 Å². The highest BCUT2D eigenvalue weighted by molar-refractivity contribution is 5.86. The zero-order chi connectivity index (χ0) is 18.0. The molecule has 0 aliphatic rings. The van der Waals surface area contributed by atoms with Crippen LogP contribution in [0.1, 0.15) is 47.5 Å². The molecular formula is C16H30FN3O3. The van der Waals surface area contributed by atoms with E-state index in [-0.39, 0.29) is 30.8 Å². The van der Waals surface area contributed by atoms with Gasteiger partial charge in [0.15, 0.2) is 0 Å². The lowest BCUT2D eigenvalue weighted by Gasteiger charge is -2.26. The summed E-state index contributed by atoms with van der Waals surface area (Å²) in [7, 11) is 0. The molecule has 23 heavy (non-hydrogen) atoms. The molecule has 0 bridgehead atoms. The first-order valence-corrected chi connectivity index (χ1v) is 8.12. The SMILES string of the molecule is CCC(=O)NC(CO/N=C/[C@H]([18F])[C@@H](C)[C@H](C)[C@H](C)CC)C(N)=O. The molecular weight excluding hydrogens is 300 g/mol. The van der Waals surface area contributed by atoms with Gasteiger partial charge in [0.2, 0.25) is 11.8 Å². The van der Waals surface area contributed by atoms with Crippen molar-refractivity contribution in [3.8, 4) is 0 Å². The number of rotatable bonds is 11. The Morgan fingerprint density at radius 1 is 1.26 bits per heavy atom. The Balaban J connectivity index is 4.39. The average molecular weight is 330 g/mol. The van der Waals surface area contributed by atoms with Gasteiger partial charge in [-0.2, -0.15) is 0 Å². The van der Waals surface area contributed by atoms with Crippen molar-refractivity contribution in [1.82, 2.24) is 5.32 Å². The second kappa shape index (κ2) is 11.0. The minimum Gasteiger partial charge on any atom is -0.393 e. The van der Waals surface area contributed by atoms with Gasteiger partial charge in [-0.1, -0.05) is 46.2 Å². The molecule has 0 spiro atoms. The Kier molecular flexibility index (Phi) is 10.2. The topological polar surface area (TPSA) is 93.8 Å². The summed E-state index contributed by atoms with van der Waals surface area (Å²) in [5.41, 5.74) is 5.16. The summed E-state index contributed by atoms with van der Waals surface area (Å²) < 4.78 is 14.1. The highest BCUT2D eigenvalue weighted by atomic mass is 18.2.